The number of nitrogens with zero attached hydrogens (tertiary/aromatic N) is 1. The molecule has 1 rings (SSSR count). The highest BCUT2D eigenvalue weighted by Gasteiger charge is 2.04. The van der Waals surface area contributed by atoms with Crippen LogP contribution < -0.4 is 0 Å². The lowest BCUT2D eigenvalue weighted by Crippen LogP contribution is -2.04. The molecule has 0 aliphatic heterocycles. The van der Waals surface area contributed by atoms with E-state index < -0.39 is 0 Å². The molecule has 4 heteroatoms. The van der Waals surface area contributed by atoms with E-state index in [9.17, 15) is 4.79 Å². The first-order valence-corrected chi connectivity index (χ1v) is 4.88. The van der Waals surface area contributed by atoms with E-state index in [1.54, 1.807) is 6.33 Å². The van der Waals surface area contributed by atoms with Gasteiger partial charge in [0.05, 0.1) is 18.6 Å². The summed E-state index contributed by atoms with van der Waals surface area (Å²) in [6.07, 6.45) is 3.77. The van der Waals surface area contributed by atoms with Crippen LogP contribution in [0.2, 0.25) is 0 Å². The standard InChI is InChI=1S/C10H16N2O2/c1-3-14-10(13)6-4-5-9-8(2)11-7-12-9/h7H,3-6H2,1-2H3,(H,11,12). The first-order chi connectivity index (χ1) is 6.74. The van der Waals surface area contributed by atoms with Crippen molar-refractivity contribution in [1.29, 1.82) is 0 Å². The number of rotatable bonds is 5. The van der Waals surface area contributed by atoms with Gasteiger partial charge in [-0.15, -0.1) is 0 Å². The van der Waals surface area contributed by atoms with E-state index in [-0.39, 0.29) is 5.97 Å². The van der Waals surface area contributed by atoms with Crippen molar-refractivity contribution in [3.63, 3.8) is 0 Å². The molecular weight excluding hydrogens is 180 g/mol. The molecule has 0 aliphatic rings. The summed E-state index contributed by atoms with van der Waals surface area (Å²) in [5, 5.41) is 0. The minimum atomic E-state index is -0.124. The number of carbonyl (C=O) groups is 1. The summed E-state index contributed by atoms with van der Waals surface area (Å²) < 4.78 is 4.82. The van der Waals surface area contributed by atoms with Crippen LogP contribution in [0, 0.1) is 6.92 Å². The van der Waals surface area contributed by atoms with Crippen molar-refractivity contribution in [2.24, 2.45) is 0 Å². The summed E-state index contributed by atoms with van der Waals surface area (Å²) in [4.78, 5) is 18.2. The summed E-state index contributed by atoms with van der Waals surface area (Å²) in [5.41, 5.74) is 2.11. The minimum absolute atomic E-state index is 0.124. The molecule has 0 unspecified atom stereocenters. The average molecular weight is 196 g/mol. The van der Waals surface area contributed by atoms with Gasteiger partial charge in [-0.05, 0) is 26.7 Å². The normalized spacial score (nSPS) is 10.1. The second kappa shape index (κ2) is 5.42. The van der Waals surface area contributed by atoms with Crippen LogP contribution in [0.5, 0.6) is 0 Å². The Morgan fingerprint density at radius 3 is 3.00 bits per heavy atom. The van der Waals surface area contributed by atoms with Gasteiger partial charge in [0.1, 0.15) is 0 Å². The van der Waals surface area contributed by atoms with Gasteiger partial charge in [-0.25, -0.2) is 4.98 Å². The molecule has 1 heterocycles. The molecule has 1 aromatic heterocycles. The van der Waals surface area contributed by atoms with Gasteiger partial charge in [0.15, 0.2) is 0 Å². The molecule has 0 atom stereocenters. The Kier molecular flexibility index (Phi) is 4.16. The first kappa shape index (κ1) is 10.8. The fraction of sp³-hybridized carbons (Fsp3) is 0.600. The third-order valence-corrected chi connectivity index (χ3v) is 2.03. The molecule has 4 nitrogen and oxygen atoms in total. The number of nitrogens with one attached hydrogen (secondary N) is 1. The molecule has 0 fully saturated rings. The zero-order valence-electron chi connectivity index (χ0n) is 8.67. The van der Waals surface area contributed by atoms with E-state index in [0.29, 0.717) is 13.0 Å². The number of esters is 1. The van der Waals surface area contributed by atoms with Crippen molar-refractivity contribution >= 4 is 5.97 Å². The number of hydrogen-bond donors (Lipinski definition) is 1. The van der Waals surface area contributed by atoms with Gasteiger partial charge in [0, 0.05) is 12.1 Å². The van der Waals surface area contributed by atoms with Crippen LogP contribution in [-0.4, -0.2) is 22.5 Å². The second-order valence-electron chi connectivity index (χ2n) is 3.13. The van der Waals surface area contributed by atoms with Gasteiger partial charge in [-0.3, -0.25) is 4.79 Å². The zero-order valence-corrected chi connectivity index (χ0v) is 8.67. The van der Waals surface area contributed by atoms with E-state index in [1.807, 2.05) is 13.8 Å². The quantitative estimate of drug-likeness (QED) is 0.728. The maximum absolute atomic E-state index is 11.0. The average Bonchev–Trinajstić information content (AvgIpc) is 2.52. The molecule has 14 heavy (non-hydrogen) atoms. The summed E-state index contributed by atoms with van der Waals surface area (Å²) in [5.74, 6) is -0.124. The molecule has 0 spiro atoms. The van der Waals surface area contributed by atoms with E-state index >= 15 is 0 Å². The lowest BCUT2D eigenvalue weighted by atomic mass is 10.2. The summed E-state index contributed by atoms with van der Waals surface area (Å²) in [6.45, 7) is 4.25. The van der Waals surface area contributed by atoms with Crippen LogP contribution in [0.25, 0.3) is 0 Å². The molecule has 0 radical (unpaired) electrons. The number of aromatic nitrogens is 2. The first-order valence-electron chi connectivity index (χ1n) is 4.88. The van der Waals surface area contributed by atoms with Crippen LogP contribution >= 0.6 is 0 Å². The molecule has 1 N–H and O–H groups in total. The maximum Gasteiger partial charge on any atom is 0.305 e. The van der Waals surface area contributed by atoms with Crippen LogP contribution in [-0.2, 0) is 16.0 Å². The van der Waals surface area contributed by atoms with E-state index in [1.165, 1.54) is 0 Å². The lowest BCUT2D eigenvalue weighted by Gasteiger charge is -2.00. The predicted molar refractivity (Wildman–Crippen MR) is 52.9 cm³/mol. The minimum Gasteiger partial charge on any atom is -0.466 e. The van der Waals surface area contributed by atoms with Crippen LogP contribution in [0.3, 0.4) is 0 Å². The molecule has 0 saturated carbocycles. The fourth-order valence-corrected chi connectivity index (χ4v) is 1.27. The van der Waals surface area contributed by atoms with Crippen molar-refractivity contribution in [1.82, 2.24) is 9.97 Å². The molecular formula is C10H16N2O2. The SMILES string of the molecule is CCOC(=O)CCCc1nc[nH]c1C. The number of H-pyrrole nitrogens is 1. The van der Waals surface area contributed by atoms with E-state index in [2.05, 4.69) is 9.97 Å². The molecule has 1 aromatic rings. The van der Waals surface area contributed by atoms with E-state index in [0.717, 1.165) is 24.2 Å². The largest absolute Gasteiger partial charge is 0.466 e. The number of hydrogen-bond acceptors (Lipinski definition) is 3. The maximum atomic E-state index is 11.0. The Balaban J connectivity index is 2.22. The van der Waals surface area contributed by atoms with Crippen LogP contribution in [0.15, 0.2) is 6.33 Å². The van der Waals surface area contributed by atoms with Crippen molar-refractivity contribution in [3.05, 3.63) is 17.7 Å². The zero-order chi connectivity index (χ0) is 10.4. The third-order valence-electron chi connectivity index (χ3n) is 2.03. The number of aryl methyl sites for hydroxylation is 2. The summed E-state index contributed by atoms with van der Waals surface area (Å²) in [7, 11) is 0. The number of imidazole rings is 1. The van der Waals surface area contributed by atoms with Gasteiger partial charge in [0.2, 0.25) is 0 Å². The van der Waals surface area contributed by atoms with Crippen molar-refractivity contribution in [2.75, 3.05) is 6.61 Å². The topological polar surface area (TPSA) is 55.0 Å². The molecule has 78 valence electrons. The van der Waals surface area contributed by atoms with Crippen molar-refractivity contribution < 1.29 is 9.53 Å². The highest BCUT2D eigenvalue weighted by molar-refractivity contribution is 5.69. The van der Waals surface area contributed by atoms with Gasteiger partial charge in [-0.1, -0.05) is 0 Å². The molecule has 0 aliphatic carbocycles. The highest BCUT2D eigenvalue weighted by Crippen LogP contribution is 2.06. The predicted octanol–water partition coefficient (Wildman–Crippen LogP) is 1.60. The van der Waals surface area contributed by atoms with Crippen molar-refractivity contribution in [3.8, 4) is 0 Å². The number of aromatic amines is 1. The lowest BCUT2D eigenvalue weighted by molar-refractivity contribution is -0.143. The Hall–Kier alpha value is -1.32. The third kappa shape index (κ3) is 3.20. The number of ether oxygens (including phenoxy) is 1. The molecule has 0 bridgehead atoms. The number of carbonyl (C=O) groups excluding carboxylic acids is 1. The van der Waals surface area contributed by atoms with Crippen molar-refractivity contribution in [2.45, 2.75) is 33.1 Å². The molecule has 0 saturated heterocycles. The summed E-state index contributed by atoms with van der Waals surface area (Å²) in [6, 6.07) is 0. The van der Waals surface area contributed by atoms with E-state index in [4.69, 9.17) is 4.74 Å². The van der Waals surface area contributed by atoms with Gasteiger partial charge in [-0.2, -0.15) is 0 Å². The molecule has 0 amide bonds. The fourth-order valence-electron chi connectivity index (χ4n) is 1.27. The van der Waals surface area contributed by atoms with Gasteiger partial charge in [0.25, 0.3) is 0 Å². The monoisotopic (exact) mass is 196 g/mol. The molecule has 0 aromatic carbocycles. The Morgan fingerprint density at radius 2 is 2.43 bits per heavy atom. The van der Waals surface area contributed by atoms with Gasteiger partial charge >= 0.3 is 5.97 Å². The summed E-state index contributed by atoms with van der Waals surface area (Å²) >= 11 is 0. The smallest absolute Gasteiger partial charge is 0.305 e. The highest BCUT2D eigenvalue weighted by atomic mass is 16.5. The van der Waals surface area contributed by atoms with Gasteiger partial charge < -0.3 is 9.72 Å². The second-order valence-corrected chi connectivity index (χ2v) is 3.13. The van der Waals surface area contributed by atoms with Crippen LogP contribution in [0.4, 0.5) is 0 Å². The Bertz CT molecular complexity index is 294. The Morgan fingerprint density at radius 1 is 1.64 bits per heavy atom. The van der Waals surface area contributed by atoms with Crippen LogP contribution in [0.1, 0.15) is 31.2 Å². The Labute approximate surface area is 83.7 Å².